The van der Waals surface area contributed by atoms with Gasteiger partial charge in [-0.05, 0) is 55.0 Å². The molecule has 0 fully saturated rings. The van der Waals surface area contributed by atoms with Crippen LogP contribution in [-0.2, 0) is 0 Å². The first-order valence-electron chi connectivity index (χ1n) is 10.2. The summed E-state index contributed by atoms with van der Waals surface area (Å²) in [7, 11) is 0. The Kier molecular flexibility index (Phi) is 7.70. The summed E-state index contributed by atoms with van der Waals surface area (Å²) in [6.07, 6.45) is 4.73. The lowest BCUT2D eigenvalue weighted by atomic mass is 10.1. The van der Waals surface area contributed by atoms with Gasteiger partial charge in [0.05, 0.1) is 17.9 Å². The maximum Gasteiger partial charge on any atom is 0.257 e. The minimum atomic E-state index is -0.155. The Bertz CT molecular complexity index is 892. The van der Waals surface area contributed by atoms with Gasteiger partial charge in [-0.3, -0.25) is 4.79 Å². The first-order valence-corrected chi connectivity index (χ1v) is 10.2. The highest BCUT2D eigenvalue weighted by Crippen LogP contribution is 2.23. The van der Waals surface area contributed by atoms with Gasteiger partial charge in [-0.1, -0.05) is 56.5 Å². The van der Waals surface area contributed by atoms with Crippen molar-refractivity contribution in [3.8, 4) is 5.75 Å². The number of para-hydroxylation sites is 2. The largest absolute Gasteiger partial charge is 0.494 e. The Morgan fingerprint density at radius 1 is 0.793 bits per heavy atom. The number of anilines is 3. The highest BCUT2D eigenvalue weighted by atomic mass is 16.5. The third-order valence-corrected chi connectivity index (χ3v) is 4.60. The molecular formula is C25H28N2O2. The van der Waals surface area contributed by atoms with Crippen molar-refractivity contribution in [1.82, 2.24) is 0 Å². The van der Waals surface area contributed by atoms with Gasteiger partial charge in [-0.15, -0.1) is 0 Å². The zero-order valence-electron chi connectivity index (χ0n) is 16.9. The van der Waals surface area contributed by atoms with Crippen LogP contribution in [0.2, 0.25) is 0 Å². The van der Waals surface area contributed by atoms with E-state index in [-0.39, 0.29) is 5.91 Å². The summed E-state index contributed by atoms with van der Waals surface area (Å²) in [6.45, 7) is 2.92. The molecule has 0 unspecified atom stereocenters. The quantitative estimate of drug-likeness (QED) is 0.383. The van der Waals surface area contributed by atoms with Gasteiger partial charge in [0.25, 0.3) is 5.91 Å². The molecule has 4 nitrogen and oxygen atoms in total. The van der Waals surface area contributed by atoms with Gasteiger partial charge in [-0.2, -0.15) is 0 Å². The molecule has 3 aromatic rings. The standard InChI is InChI=1S/C25H28N2O2/c1-2-3-4-10-19-29-22-17-15-21(16-18-22)27-25(28)23-13-8-9-14-24(23)26-20-11-6-5-7-12-20/h5-9,11-18,26H,2-4,10,19H2,1H3,(H,27,28). The van der Waals surface area contributed by atoms with E-state index in [4.69, 9.17) is 4.74 Å². The van der Waals surface area contributed by atoms with Crippen molar-refractivity contribution in [3.05, 3.63) is 84.4 Å². The molecule has 150 valence electrons. The number of benzene rings is 3. The van der Waals surface area contributed by atoms with Crippen LogP contribution in [0.5, 0.6) is 5.75 Å². The molecule has 3 rings (SSSR count). The van der Waals surface area contributed by atoms with Crippen LogP contribution in [0.25, 0.3) is 0 Å². The van der Waals surface area contributed by atoms with Crippen molar-refractivity contribution in [2.24, 2.45) is 0 Å². The van der Waals surface area contributed by atoms with E-state index in [0.717, 1.165) is 35.8 Å². The fraction of sp³-hybridized carbons (Fsp3) is 0.240. The molecule has 0 saturated carbocycles. The van der Waals surface area contributed by atoms with E-state index in [1.54, 1.807) is 0 Å². The number of amides is 1. The second-order valence-corrected chi connectivity index (χ2v) is 6.92. The SMILES string of the molecule is CCCCCCOc1ccc(NC(=O)c2ccccc2Nc2ccccc2)cc1. The van der Waals surface area contributed by atoms with Gasteiger partial charge in [0.15, 0.2) is 0 Å². The Hall–Kier alpha value is -3.27. The summed E-state index contributed by atoms with van der Waals surface area (Å²) in [5, 5.41) is 6.27. The Labute approximate surface area is 172 Å². The average Bonchev–Trinajstić information content (AvgIpc) is 2.76. The topological polar surface area (TPSA) is 50.4 Å². The zero-order chi connectivity index (χ0) is 20.3. The second kappa shape index (κ2) is 10.9. The van der Waals surface area contributed by atoms with Crippen LogP contribution in [0.4, 0.5) is 17.1 Å². The molecule has 29 heavy (non-hydrogen) atoms. The number of rotatable bonds is 10. The van der Waals surface area contributed by atoms with Crippen molar-refractivity contribution in [3.63, 3.8) is 0 Å². The number of unbranched alkanes of at least 4 members (excludes halogenated alkanes) is 3. The van der Waals surface area contributed by atoms with E-state index in [2.05, 4.69) is 17.6 Å². The second-order valence-electron chi connectivity index (χ2n) is 6.92. The average molecular weight is 389 g/mol. The van der Waals surface area contributed by atoms with Crippen LogP contribution in [0.1, 0.15) is 43.0 Å². The lowest BCUT2D eigenvalue weighted by molar-refractivity contribution is 0.102. The first kappa shape index (κ1) is 20.5. The number of hydrogen-bond donors (Lipinski definition) is 2. The summed E-state index contributed by atoms with van der Waals surface area (Å²) in [5.74, 6) is 0.669. The molecule has 0 radical (unpaired) electrons. The van der Waals surface area contributed by atoms with Crippen LogP contribution in [0.3, 0.4) is 0 Å². The van der Waals surface area contributed by atoms with Crippen LogP contribution >= 0.6 is 0 Å². The Morgan fingerprint density at radius 3 is 2.28 bits per heavy atom. The predicted octanol–water partition coefficient (Wildman–Crippen LogP) is 6.64. The number of hydrogen-bond acceptors (Lipinski definition) is 3. The van der Waals surface area contributed by atoms with E-state index in [9.17, 15) is 4.79 Å². The highest BCUT2D eigenvalue weighted by molar-refractivity contribution is 6.08. The van der Waals surface area contributed by atoms with E-state index in [1.807, 2.05) is 78.9 Å². The fourth-order valence-corrected chi connectivity index (χ4v) is 3.02. The molecule has 4 heteroatoms. The summed E-state index contributed by atoms with van der Waals surface area (Å²) in [5.41, 5.74) is 3.03. The summed E-state index contributed by atoms with van der Waals surface area (Å²) in [4.78, 5) is 12.8. The van der Waals surface area contributed by atoms with Gasteiger partial charge in [-0.25, -0.2) is 0 Å². The molecule has 0 saturated heterocycles. The molecule has 0 aliphatic heterocycles. The van der Waals surface area contributed by atoms with Gasteiger partial charge in [0.1, 0.15) is 5.75 Å². The van der Waals surface area contributed by atoms with Crippen molar-refractivity contribution in [2.45, 2.75) is 32.6 Å². The number of carbonyl (C=O) groups is 1. The Morgan fingerprint density at radius 2 is 1.52 bits per heavy atom. The molecule has 0 bridgehead atoms. The van der Waals surface area contributed by atoms with Crippen molar-refractivity contribution in [2.75, 3.05) is 17.2 Å². The van der Waals surface area contributed by atoms with Gasteiger partial charge in [0, 0.05) is 11.4 Å². The van der Waals surface area contributed by atoms with E-state index in [1.165, 1.54) is 19.3 Å². The third-order valence-electron chi connectivity index (χ3n) is 4.60. The predicted molar refractivity (Wildman–Crippen MR) is 120 cm³/mol. The van der Waals surface area contributed by atoms with E-state index in [0.29, 0.717) is 5.56 Å². The third kappa shape index (κ3) is 6.39. The first-order chi connectivity index (χ1) is 14.3. The monoisotopic (exact) mass is 388 g/mol. The number of nitrogens with one attached hydrogen (secondary N) is 2. The smallest absolute Gasteiger partial charge is 0.257 e. The lowest BCUT2D eigenvalue weighted by Gasteiger charge is -2.13. The van der Waals surface area contributed by atoms with Gasteiger partial charge >= 0.3 is 0 Å². The molecule has 2 N–H and O–H groups in total. The normalized spacial score (nSPS) is 10.4. The van der Waals surface area contributed by atoms with E-state index >= 15 is 0 Å². The molecule has 0 spiro atoms. The number of ether oxygens (including phenoxy) is 1. The van der Waals surface area contributed by atoms with Crippen molar-refractivity contribution < 1.29 is 9.53 Å². The number of carbonyl (C=O) groups excluding carboxylic acids is 1. The summed E-state index contributed by atoms with van der Waals surface area (Å²) >= 11 is 0. The minimum Gasteiger partial charge on any atom is -0.494 e. The fourth-order valence-electron chi connectivity index (χ4n) is 3.02. The van der Waals surface area contributed by atoms with Crippen LogP contribution < -0.4 is 15.4 Å². The minimum absolute atomic E-state index is 0.155. The van der Waals surface area contributed by atoms with Gasteiger partial charge in [0.2, 0.25) is 0 Å². The van der Waals surface area contributed by atoms with Crippen molar-refractivity contribution >= 4 is 23.0 Å². The summed E-state index contributed by atoms with van der Waals surface area (Å²) < 4.78 is 5.76. The Balaban J connectivity index is 1.59. The molecule has 0 aromatic heterocycles. The molecule has 0 aliphatic carbocycles. The van der Waals surface area contributed by atoms with Gasteiger partial charge < -0.3 is 15.4 Å². The van der Waals surface area contributed by atoms with Crippen LogP contribution in [-0.4, -0.2) is 12.5 Å². The lowest BCUT2D eigenvalue weighted by Crippen LogP contribution is -2.13. The molecule has 0 aliphatic rings. The van der Waals surface area contributed by atoms with Crippen molar-refractivity contribution in [1.29, 1.82) is 0 Å². The maximum atomic E-state index is 12.8. The maximum absolute atomic E-state index is 12.8. The molecule has 0 heterocycles. The van der Waals surface area contributed by atoms with Crippen LogP contribution in [0.15, 0.2) is 78.9 Å². The summed E-state index contributed by atoms with van der Waals surface area (Å²) in [6, 6.07) is 24.8. The molecule has 3 aromatic carbocycles. The zero-order valence-corrected chi connectivity index (χ0v) is 16.9. The van der Waals surface area contributed by atoms with E-state index < -0.39 is 0 Å². The molecule has 0 atom stereocenters. The highest BCUT2D eigenvalue weighted by Gasteiger charge is 2.11. The van der Waals surface area contributed by atoms with Crippen LogP contribution in [0, 0.1) is 0 Å². The molecule has 1 amide bonds. The molecular weight excluding hydrogens is 360 g/mol.